The predicted molar refractivity (Wildman–Crippen MR) is 115 cm³/mol. The molecule has 0 saturated heterocycles. The van der Waals surface area contributed by atoms with Crippen molar-refractivity contribution in [2.45, 2.75) is 95.9 Å². The fourth-order valence-corrected chi connectivity index (χ4v) is 1.35. The molecule has 0 fully saturated rings. The summed E-state index contributed by atoms with van der Waals surface area (Å²) in [5.74, 6) is 0.0831. The molecule has 0 rings (SSSR count). The smallest absolute Gasteiger partial charge is 1.00 e. The van der Waals surface area contributed by atoms with Crippen LogP contribution >= 0.6 is 0 Å². The summed E-state index contributed by atoms with van der Waals surface area (Å²) >= 11 is 0. The summed E-state index contributed by atoms with van der Waals surface area (Å²) in [6.07, 6.45) is 0.125. The van der Waals surface area contributed by atoms with Gasteiger partial charge in [-0.1, -0.05) is 83.1 Å². The van der Waals surface area contributed by atoms with E-state index in [1.165, 1.54) is 0 Å². The van der Waals surface area contributed by atoms with Crippen LogP contribution in [0.5, 0.6) is 0 Å². The van der Waals surface area contributed by atoms with Gasteiger partial charge in [0.25, 0.3) is 0 Å². The summed E-state index contributed by atoms with van der Waals surface area (Å²) in [6.45, 7) is 22.1. The van der Waals surface area contributed by atoms with Crippen LogP contribution in [-0.2, 0) is 19.2 Å². The van der Waals surface area contributed by atoms with Gasteiger partial charge in [0.15, 0.2) is 0 Å². The van der Waals surface area contributed by atoms with E-state index < -0.39 is 21.7 Å². The molecule has 0 aliphatic carbocycles. The van der Waals surface area contributed by atoms with Crippen molar-refractivity contribution in [1.29, 1.82) is 0 Å². The van der Waals surface area contributed by atoms with Crippen LogP contribution in [0.2, 0.25) is 0 Å². The molecular formula is C22H42BaO4. The standard InChI is InChI=1S/2C11H20O2.Ba.2H/c2*1-10(2,3)8(12)7-9(13)11(4,5)6;;;/h2*7H2,1-6H3;;;/q;;+2;2*-1. The Morgan fingerprint density at radius 2 is 0.556 bits per heavy atom. The third-order valence-electron chi connectivity index (χ3n) is 3.99. The largest absolute Gasteiger partial charge is 2.00 e. The Balaban J connectivity index is -0.000000120. The molecule has 5 heteroatoms. The van der Waals surface area contributed by atoms with Crippen LogP contribution in [0.3, 0.4) is 0 Å². The zero-order valence-electron chi connectivity index (χ0n) is 21.8. The fraction of sp³-hybridized carbons (Fsp3) is 0.818. The predicted octanol–water partition coefficient (Wildman–Crippen LogP) is 5.06. The molecule has 0 atom stereocenters. The molecule has 0 unspecified atom stereocenters. The second kappa shape index (κ2) is 11.4. The van der Waals surface area contributed by atoms with Crippen molar-refractivity contribution in [3.05, 3.63) is 0 Å². The summed E-state index contributed by atoms with van der Waals surface area (Å²) in [5.41, 5.74) is -1.61. The van der Waals surface area contributed by atoms with Gasteiger partial charge in [-0.15, -0.1) is 0 Å². The van der Waals surface area contributed by atoms with Crippen LogP contribution in [0.1, 0.15) is 98.8 Å². The van der Waals surface area contributed by atoms with Gasteiger partial charge in [0, 0.05) is 21.7 Å². The van der Waals surface area contributed by atoms with Crippen LogP contribution < -0.4 is 0 Å². The minimum absolute atomic E-state index is 0. The quantitative estimate of drug-likeness (QED) is 0.394. The zero-order valence-corrected chi connectivity index (χ0v) is 24.2. The van der Waals surface area contributed by atoms with Gasteiger partial charge in [-0.05, 0) is 0 Å². The SMILES string of the molecule is CC(C)(C)C(=O)CC(=O)C(C)(C)C.CC(C)(C)C(=O)CC(=O)C(C)(C)C.[Ba+2].[H-].[H-]. The van der Waals surface area contributed by atoms with Gasteiger partial charge in [0.1, 0.15) is 23.1 Å². The second-order valence-electron chi connectivity index (χ2n) is 11.0. The molecule has 0 N–H and O–H groups in total. The minimum Gasteiger partial charge on any atom is -1.00 e. The minimum atomic E-state index is -0.402. The molecular weight excluding hydrogens is 466 g/mol. The number of hydrogen-bond donors (Lipinski definition) is 0. The molecule has 156 valence electrons. The van der Waals surface area contributed by atoms with E-state index in [2.05, 4.69) is 0 Å². The van der Waals surface area contributed by atoms with E-state index in [-0.39, 0.29) is 87.7 Å². The monoisotopic (exact) mass is 508 g/mol. The van der Waals surface area contributed by atoms with Crippen LogP contribution in [0.25, 0.3) is 0 Å². The molecule has 0 heterocycles. The maximum Gasteiger partial charge on any atom is 2.00 e. The molecule has 0 aliphatic heterocycles. The van der Waals surface area contributed by atoms with Crippen LogP contribution in [0.4, 0.5) is 0 Å². The first-order valence-corrected chi connectivity index (χ1v) is 9.23. The third kappa shape index (κ3) is 14.8. The summed E-state index contributed by atoms with van der Waals surface area (Å²) in [6, 6.07) is 0. The Hall–Kier alpha value is 0.251. The Morgan fingerprint density at radius 3 is 0.630 bits per heavy atom. The third-order valence-corrected chi connectivity index (χ3v) is 3.99. The first kappa shape index (κ1) is 31.9. The van der Waals surface area contributed by atoms with Crippen LogP contribution in [-0.4, -0.2) is 72.0 Å². The number of carbonyl (C=O) groups excluding carboxylic acids is 4. The molecule has 0 spiro atoms. The molecule has 0 aromatic rings. The Kier molecular flexibility index (Phi) is 13.5. The van der Waals surface area contributed by atoms with E-state index in [4.69, 9.17) is 0 Å². The molecule has 0 saturated carbocycles. The molecule has 0 aliphatic rings. The van der Waals surface area contributed by atoms with Gasteiger partial charge in [0.05, 0.1) is 12.8 Å². The molecule has 0 aromatic heterocycles. The number of rotatable bonds is 4. The fourth-order valence-electron chi connectivity index (χ4n) is 1.35. The van der Waals surface area contributed by atoms with Crippen molar-refractivity contribution in [3.63, 3.8) is 0 Å². The Morgan fingerprint density at radius 1 is 0.444 bits per heavy atom. The van der Waals surface area contributed by atoms with E-state index in [9.17, 15) is 19.2 Å². The Bertz CT molecular complexity index is 445. The van der Waals surface area contributed by atoms with Gasteiger partial charge >= 0.3 is 48.9 Å². The maximum atomic E-state index is 11.5. The van der Waals surface area contributed by atoms with E-state index in [0.29, 0.717) is 0 Å². The molecule has 0 aromatic carbocycles. The van der Waals surface area contributed by atoms with Gasteiger partial charge in [-0.3, -0.25) is 19.2 Å². The number of hydrogen-bond acceptors (Lipinski definition) is 4. The molecule has 0 amide bonds. The second-order valence-corrected chi connectivity index (χ2v) is 11.0. The van der Waals surface area contributed by atoms with E-state index in [1.54, 1.807) is 0 Å². The van der Waals surface area contributed by atoms with Crippen molar-refractivity contribution in [1.82, 2.24) is 0 Å². The van der Waals surface area contributed by atoms with Crippen molar-refractivity contribution < 1.29 is 22.0 Å². The number of carbonyl (C=O) groups is 4. The van der Waals surface area contributed by atoms with Gasteiger partial charge in [0.2, 0.25) is 0 Å². The van der Waals surface area contributed by atoms with Crippen molar-refractivity contribution in [2.24, 2.45) is 21.7 Å². The maximum absolute atomic E-state index is 11.5. The molecule has 0 bridgehead atoms. The van der Waals surface area contributed by atoms with Gasteiger partial charge in [-0.2, -0.15) is 0 Å². The Labute approximate surface area is 210 Å². The average Bonchev–Trinajstić information content (AvgIpc) is 2.34. The summed E-state index contributed by atoms with van der Waals surface area (Å²) < 4.78 is 0. The summed E-state index contributed by atoms with van der Waals surface area (Å²) in [5, 5.41) is 0. The van der Waals surface area contributed by atoms with Crippen LogP contribution in [0, 0.1) is 21.7 Å². The molecule has 4 nitrogen and oxygen atoms in total. The normalized spacial score (nSPS) is 12.3. The average molecular weight is 508 g/mol. The van der Waals surface area contributed by atoms with Crippen molar-refractivity contribution in [3.8, 4) is 0 Å². The first-order chi connectivity index (χ1) is 11.1. The molecule has 27 heavy (non-hydrogen) atoms. The topological polar surface area (TPSA) is 68.3 Å². The van der Waals surface area contributed by atoms with Crippen molar-refractivity contribution >= 4 is 72.0 Å². The van der Waals surface area contributed by atoms with Crippen LogP contribution in [0.15, 0.2) is 0 Å². The number of Topliss-reactive ketones (excluding diaryl/α,β-unsaturated/α-hetero) is 4. The van der Waals surface area contributed by atoms with Gasteiger partial charge < -0.3 is 2.85 Å². The zero-order chi connectivity index (χ0) is 21.7. The first-order valence-electron chi connectivity index (χ1n) is 9.23. The van der Waals surface area contributed by atoms with E-state index in [0.717, 1.165) is 0 Å². The van der Waals surface area contributed by atoms with E-state index in [1.807, 2.05) is 83.1 Å². The van der Waals surface area contributed by atoms with Crippen molar-refractivity contribution in [2.75, 3.05) is 0 Å². The molecule has 0 radical (unpaired) electrons. The van der Waals surface area contributed by atoms with Gasteiger partial charge in [-0.25, -0.2) is 0 Å². The van der Waals surface area contributed by atoms with E-state index >= 15 is 0 Å². The summed E-state index contributed by atoms with van der Waals surface area (Å²) in [4.78, 5) is 46.0. The number of ketones is 4. The summed E-state index contributed by atoms with van der Waals surface area (Å²) in [7, 11) is 0.